The van der Waals surface area contributed by atoms with Crippen LogP contribution in [-0.4, -0.2) is 44.0 Å². The molecule has 0 saturated carbocycles. The molecular formula is C18H21N3O4S. The predicted molar refractivity (Wildman–Crippen MR) is 97.6 cm³/mol. The monoisotopic (exact) mass is 375 g/mol. The molecule has 0 amide bonds. The van der Waals surface area contributed by atoms with Crippen molar-refractivity contribution in [3.05, 3.63) is 36.5 Å². The first kappa shape index (κ1) is 17.1. The SMILES string of the molecule is O=S(=O)(c1ccc(Nc2ccc3c(c2)OCCCO3)nc1)N1CCCC1. The Hall–Kier alpha value is -2.32. The van der Waals surface area contributed by atoms with Gasteiger partial charge in [-0.25, -0.2) is 13.4 Å². The first-order valence-corrected chi connectivity index (χ1v) is 10.2. The van der Waals surface area contributed by atoms with E-state index in [9.17, 15) is 8.42 Å². The number of hydrogen-bond donors (Lipinski definition) is 1. The Morgan fingerprint density at radius 2 is 1.73 bits per heavy atom. The average molecular weight is 375 g/mol. The Labute approximate surface area is 153 Å². The number of fused-ring (bicyclic) bond motifs is 1. The van der Waals surface area contributed by atoms with Crippen molar-refractivity contribution in [2.75, 3.05) is 31.6 Å². The number of ether oxygens (including phenoxy) is 2. The number of pyridine rings is 1. The van der Waals surface area contributed by atoms with E-state index in [-0.39, 0.29) is 4.90 Å². The summed E-state index contributed by atoms with van der Waals surface area (Å²) in [6.45, 7) is 2.44. The standard InChI is InChI=1S/C18H21N3O4S/c22-26(23,21-8-1-2-9-21)15-5-7-18(19-13-15)20-14-4-6-16-17(12-14)25-11-3-10-24-16/h4-7,12-13H,1-3,8-11H2,(H,19,20). The maximum Gasteiger partial charge on any atom is 0.244 e. The van der Waals surface area contributed by atoms with Crippen molar-refractivity contribution in [3.63, 3.8) is 0 Å². The number of nitrogens with zero attached hydrogens (tertiary/aromatic N) is 2. The van der Waals surface area contributed by atoms with E-state index in [0.717, 1.165) is 30.7 Å². The minimum Gasteiger partial charge on any atom is -0.490 e. The quantitative estimate of drug-likeness (QED) is 0.885. The first-order valence-electron chi connectivity index (χ1n) is 8.76. The van der Waals surface area contributed by atoms with Crippen LogP contribution in [0.25, 0.3) is 0 Å². The van der Waals surface area contributed by atoms with Crippen molar-refractivity contribution in [1.82, 2.24) is 9.29 Å². The molecule has 26 heavy (non-hydrogen) atoms. The Morgan fingerprint density at radius 3 is 2.46 bits per heavy atom. The zero-order chi connectivity index (χ0) is 18.0. The molecule has 2 aromatic rings. The smallest absolute Gasteiger partial charge is 0.244 e. The molecule has 2 aliphatic rings. The second kappa shape index (κ2) is 7.13. The summed E-state index contributed by atoms with van der Waals surface area (Å²) in [6, 6.07) is 8.86. The van der Waals surface area contributed by atoms with E-state index in [1.807, 2.05) is 18.2 Å². The second-order valence-corrected chi connectivity index (χ2v) is 8.27. The lowest BCUT2D eigenvalue weighted by molar-refractivity contribution is 0.297. The van der Waals surface area contributed by atoms with Gasteiger partial charge in [0, 0.05) is 37.5 Å². The summed E-state index contributed by atoms with van der Waals surface area (Å²) in [7, 11) is -3.44. The normalized spacial score (nSPS) is 17.7. The van der Waals surface area contributed by atoms with E-state index < -0.39 is 10.0 Å². The number of anilines is 2. The molecule has 0 aliphatic carbocycles. The van der Waals surface area contributed by atoms with Crippen molar-refractivity contribution in [1.29, 1.82) is 0 Å². The number of sulfonamides is 1. The van der Waals surface area contributed by atoms with Crippen molar-refractivity contribution in [2.24, 2.45) is 0 Å². The molecule has 1 N–H and O–H groups in total. The summed E-state index contributed by atoms with van der Waals surface area (Å²) in [5.74, 6) is 1.99. The fourth-order valence-electron chi connectivity index (χ4n) is 3.07. The number of aromatic nitrogens is 1. The number of hydrogen-bond acceptors (Lipinski definition) is 6. The Kier molecular flexibility index (Phi) is 4.69. The van der Waals surface area contributed by atoms with Crippen LogP contribution in [0.5, 0.6) is 11.5 Å². The topological polar surface area (TPSA) is 80.8 Å². The van der Waals surface area contributed by atoms with Crippen LogP contribution < -0.4 is 14.8 Å². The number of nitrogens with one attached hydrogen (secondary N) is 1. The third kappa shape index (κ3) is 3.47. The highest BCUT2D eigenvalue weighted by atomic mass is 32.2. The van der Waals surface area contributed by atoms with Crippen LogP contribution in [0, 0.1) is 0 Å². The third-order valence-electron chi connectivity index (χ3n) is 4.46. The molecule has 4 rings (SSSR count). The number of rotatable bonds is 4. The molecule has 1 aromatic heterocycles. The van der Waals surface area contributed by atoms with E-state index in [1.54, 1.807) is 12.1 Å². The molecular weight excluding hydrogens is 354 g/mol. The van der Waals surface area contributed by atoms with Crippen LogP contribution in [0.1, 0.15) is 19.3 Å². The van der Waals surface area contributed by atoms with Crippen LogP contribution in [-0.2, 0) is 10.0 Å². The van der Waals surface area contributed by atoms with Gasteiger partial charge in [-0.3, -0.25) is 0 Å². The maximum absolute atomic E-state index is 12.5. The second-order valence-electron chi connectivity index (χ2n) is 6.33. The molecule has 7 nitrogen and oxygen atoms in total. The van der Waals surface area contributed by atoms with E-state index >= 15 is 0 Å². The Morgan fingerprint density at radius 1 is 0.962 bits per heavy atom. The molecule has 1 fully saturated rings. The van der Waals surface area contributed by atoms with Gasteiger partial charge in [0.15, 0.2) is 11.5 Å². The van der Waals surface area contributed by atoms with Crippen LogP contribution in [0.15, 0.2) is 41.4 Å². The summed E-state index contributed by atoms with van der Waals surface area (Å²) >= 11 is 0. The van der Waals surface area contributed by atoms with Crippen molar-refractivity contribution in [2.45, 2.75) is 24.2 Å². The van der Waals surface area contributed by atoms with E-state index in [1.165, 1.54) is 10.5 Å². The van der Waals surface area contributed by atoms with Crippen molar-refractivity contribution < 1.29 is 17.9 Å². The summed E-state index contributed by atoms with van der Waals surface area (Å²) < 4.78 is 37.9. The van der Waals surface area contributed by atoms with Gasteiger partial charge in [0.05, 0.1) is 13.2 Å². The van der Waals surface area contributed by atoms with Crippen LogP contribution in [0.4, 0.5) is 11.5 Å². The Bertz CT molecular complexity index is 878. The lowest BCUT2D eigenvalue weighted by atomic mass is 10.2. The van der Waals surface area contributed by atoms with Crippen LogP contribution >= 0.6 is 0 Å². The first-order chi connectivity index (χ1) is 12.6. The summed E-state index contributed by atoms with van der Waals surface area (Å²) in [5, 5.41) is 3.17. The lowest BCUT2D eigenvalue weighted by Crippen LogP contribution is -2.27. The molecule has 0 radical (unpaired) electrons. The van der Waals surface area contributed by atoms with Gasteiger partial charge >= 0.3 is 0 Å². The van der Waals surface area contributed by atoms with Gasteiger partial charge in [-0.2, -0.15) is 4.31 Å². The van der Waals surface area contributed by atoms with Gasteiger partial charge in [0.1, 0.15) is 10.7 Å². The minimum absolute atomic E-state index is 0.226. The van der Waals surface area contributed by atoms with Gasteiger partial charge in [-0.05, 0) is 37.1 Å². The lowest BCUT2D eigenvalue weighted by Gasteiger charge is -2.15. The molecule has 0 bridgehead atoms. The van der Waals surface area contributed by atoms with E-state index in [0.29, 0.717) is 37.9 Å². The summed E-state index contributed by atoms with van der Waals surface area (Å²) in [6.07, 6.45) is 4.08. The van der Waals surface area contributed by atoms with Gasteiger partial charge in [0.2, 0.25) is 10.0 Å². The fraction of sp³-hybridized carbons (Fsp3) is 0.389. The highest BCUT2D eigenvalue weighted by molar-refractivity contribution is 7.89. The van der Waals surface area contributed by atoms with E-state index in [4.69, 9.17) is 9.47 Å². The van der Waals surface area contributed by atoms with Gasteiger partial charge in [-0.15, -0.1) is 0 Å². The highest BCUT2D eigenvalue weighted by Gasteiger charge is 2.27. The largest absolute Gasteiger partial charge is 0.490 e. The molecule has 0 atom stereocenters. The van der Waals surface area contributed by atoms with Gasteiger partial charge in [-0.1, -0.05) is 0 Å². The molecule has 0 unspecified atom stereocenters. The molecule has 2 aliphatic heterocycles. The van der Waals surface area contributed by atoms with Crippen molar-refractivity contribution in [3.8, 4) is 11.5 Å². The van der Waals surface area contributed by atoms with Gasteiger partial charge < -0.3 is 14.8 Å². The van der Waals surface area contributed by atoms with E-state index in [2.05, 4.69) is 10.3 Å². The molecule has 1 saturated heterocycles. The zero-order valence-electron chi connectivity index (χ0n) is 14.3. The highest BCUT2D eigenvalue weighted by Crippen LogP contribution is 2.33. The van der Waals surface area contributed by atoms with Crippen LogP contribution in [0.3, 0.4) is 0 Å². The average Bonchev–Trinajstić information content (AvgIpc) is 3.10. The maximum atomic E-state index is 12.5. The van der Waals surface area contributed by atoms with Crippen LogP contribution in [0.2, 0.25) is 0 Å². The molecule has 8 heteroatoms. The molecule has 3 heterocycles. The molecule has 138 valence electrons. The minimum atomic E-state index is -3.44. The van der Waals surface area contributed by atoms with Gasteiger partial charge in [0.25, 0.3) is 0 Å². The fourth-order valence-corrected chi connectivity index (χ4v) is 4.54. The zero-order valence-corrected chi connectivity index (χ0v) is 15.2. The summed E-state index contributed by atoms with van der Waals surface area (Å²) in [4.78, 5) is 4.48. The third-order valence-corrected chi connectivity index (χ3v) is 6.34. The Balaban J connectivity index is 1.50. The molecule has 0 spiro atoms. The summed E-state index contributed by atoms with van der Waals surface area (Å²) in [5.41, 5.74) is 0.803. The molecule has 1 aromatic carbocycles. The van der Waals surface area contributed by atoms with Crippen molar-refractivity contribution >= 4 is 21.5 Å². The number of benzene rings is 1. The predicted octanol–water partition coefficient (Wildman–Crippen LogP) is 2.77.